The molecule has 1 aromatic rings. The van der Waals surface area contributed by atoms with Gasteiger partial charge >= 0.3 is 0 Å². The highest BCUT2D eigenvalue weighted by molar-refractivity contribution is 7.91. The SMILES string of the molecule is CCC(C)c1ccc(C(NC(=O)C2=NN(C3CCS(=O)(=O)C3)C(=O)CC2)C(C)C)cc1. The van der Waals surface area contributed by atoms with E-state index >= 15 is 0 Å². The molecule has 7 nitrogen and oxygen atoms in total. The number of hydrazone groups is 1. The lowest BCUT2D eigenvalue weighted by molar-refractivity contribution is -0.133. The zero-order chi connectivity index (χ0) is 22.8. The van der Waals surface area contributed by atoms with Gasteiger partial charge in [-0.25, -0.2) is 13.4 Å². The number of carbonyl (C=O) groups excluding carboxylic acids is 2. The molecule has 2 heterocycles. The van der Waals surface area contributed by atoms with Crippen LogP contribution in [0.1, 0.15) is 76.5 Å². The first-order valence-corrected chi connectivity index (χ1v) is 12.9. The van der Waals surface area contributed by atoms with Crippen LogP contribution < -0.4 is 5.32 Å². The van der Waals surface area contributed by atoms with Crippen molar-refractivity contribution >= 4 is 27.4 Å². The van der Waals surface area contributed by atoms with E-state index in [4.69, 9.17) is 0 Å². The molecule has 0 aromatic heterocycles. The summed E-state index contributed by atoms with van der Waals surface area (Å²) in [5.41, 5.74) is 2.59. The van der Waals surface area contributed by atoms with E-state index in [-0.39, 0.29) is 53.8 Å². The Labute approximate surface area is 185 Å². The van der Waals surface area contributed by atoms with Gasteiger partial charge in [-0.1, -0.05) is 52.0 Å². The number of hydrogen-bond donors (Lipinski definition) is 1. The highest BCUT2D eigenvalue weighted by Gasteiger charge is 2.37. The maximum absolute atomic E-state index is 13.0. The first-order valence-electron chi connectivity index (χ1n) is 11.1. The van der Waals surface area contributed by atoms with E-state index in [2.05, 4.69) is 62.4 Å². The Kier molecular flexibility index (Phi) is 7.19. The predicted molar refractivity (Wildman–Crippen MR) is 121 cm³/mol. The lowest BCUT2D eigenvalue weighted by Gasteiger charge is -2.29. The summed E-state index contributed by atoms with van der Waals surface area (Å²) in [6.07, 6.45) is 1.86. The summed E-state index contributed by atoms with van der Waals surface area (Å²) in [5, 5.41) is 8.60. The Balaban J connectivity index is 1.76. The van der Waals surface area contributed by atoms with Gasteiger partial charge in [0.05, 0.1) is 23.6 Å². The van der Waals surface area contributed by atoms with Crippen LogP contribution in [0.25, 0.3) is 0 Å². The van der Waals surface area contributed by atoms with E-state index in [1.165, 1.54) is 10.6 Å². The minimum absolute atomic E-state index is 0.0561. The zero-order valence-electron chi connectivity index (χ0n) is 18.8. The van der Waals surface area contributed by atoms with Gasteiger partial charge in [-0.15, -0.1) is 0 Å². The minimum Gasteiger partial charge on any atom is -0.344 e. The number of nitrogens with zero attached hydrogens (tertiary/aromatic N) is 2. The van der Waals surface area contributed by atoms with Crippen molar-refractivity contribution in [3.63, 3.8) is 0 Å². The molecular weight excluding hydrogens is 414 g/mol. The van der Waals surface area contributed by atoms with Crippen LogP contribution in [0.3, 0.4) is 0 Å². The molecule has 1 fully saturated rings. The van der Waals surface area contributed by atoms with Gasteiger partial charge in [-0.2, -0.15) is 5.10 Å². The van der Waals surface area contributed by atoms with E-state index in [9.17, 15) is 18.0 Å². The van der Waals surface area contributed by atoms with E-state index < -0.39 is 15.9 Å². The summed E-state index contributed by atoms with van der Waals surface area (Å²) in [6.45, 7) is 8.46. The number of carbonyl (C=O) groups is 2. The van der Waals surface area contributed by atoms with Gasteiger partial charge in [0, 0.05) is 12.8 Å². The third-order valence-electron chi connectivity index (χ3n) is 6.31. The van der Waals surface area contributed by atoms with Crippen LogP contribution in [-0.4, -0.2) is 48.5 Å². The number of sulfone groups is 1. The smallest absolute Gasteiger partial charge is 0.267 e. The predicted octanol–water partition coefficient (Wildman–Crippen LogP) is 3.18. The van der Waals surface area contributed by atoms with Gasteiger partial charge < -0.3 is 5.32 Å². The molecule has 1 saturated heterocycles. The van der Waals surface area contributed by atoms with Gasteiger partial charge in [0.25, 0.3) is 5.91 Å². The van der Waals surface area contributed by atoms with Gasteiger partial charge in [0.15, 0.2) is 9.84 Å². The standard InChI is InChI=1S/C23H33N3O4S/c1-5-16(4)17-6-8-18(9-7-17)22(15(2)3)24-23(28)20-10-11-21(27)26(25-20)19-12-13-31(29,30)14-19/h6-9,15-16,19,22H,5,10-14H2,1-4H3,(H,24,28). The van der Waals surface area contributed by atoms with E-state index in [1.807, 2.05) is 0 Å². The topological polar surface area (TPSA) is 95.9 Å². The summed E-state index contributed by atoms with van der Waals surface area (Å²) in [7, 11) is -3.15. The lowest BCUT2D eigenvalue weighted by Crippen LogP contribution is -2.45. The molecule has 0 spiro atoms. The summed E-state index contributed by atoms with van der Waals surface area (Å²) in [4.78, 5) is 25.3. The van der Waals surface area contributed by atoms with Crippen molar-refractivity contribution in [3.05, 3.63) is 35.4 Å². The molecule has 2 amide bonds. The van der Waals surface area contributed by atoms with Crippen LogP contribution in [0.4, 0.5) is 0 Å². The highest BCUT2D eigenvalue weighted by atomic mass is 32.2. The second-order valence-corrected chi connectivity index (χ2v) is 11.2. The van der Waals surface area contributed by atoms with Gasteiger partial charge in [0.2, 0.25) is 5.91 Å². The summed E-state index contributed by atoms with van der Waals surface area (Å²) in [6, 6.07) is 7.70. The monoisotopic (exact) mass is 447 g/mol. The fourth-order valence-electron chi connectivity index (χ4n) is 4.12. The summed E-state index contributed by atoms with van der Waals surface area (Å²) in [5.74, 6) is 0.0955. The average molecular weight is 448 g/mol. The normalized spacial score (nSPS) is 22.9. The van der Waals surface area contributed by atoms with Crippen molar-refractivity contribution < 1.29 is 18.0 Å². The number of benzene rings is 1. The average Bonchev–Trinajstić information content (AvgIpc) is 3.11. The van der Waals surface area contributed by atoms with Crippen LogP contribution in [0.5, 0.6) is 0 Å². The van der Waals surface area contributed by atoms with Crippen LogP contribution in [0.2, 0.25) is 0 Å². The first-order chi connectivity index (χ1) is 14.6. The van der Waals surface area contributed by atoms with E-state index in [0.717, 1.165) is 12.0 Å². The number of amides is 2. The van der Waals surface area contributed by atoms with Crippen LogP contribution in [-0.2, 0) is 19.4 Å². The van der Waals surface area contributed by atoms with Crippen LogP contribution in [0, 0.1) is 5.92 Å². The maximum atomic E-state index is 13.0. The number of hydrogen-bond acceptors (Lipinski definition) is 5. The zero-order valence-corrected chi connectivity index (χ0v) is 19.6. The molecule has 170 valence electrons. The lowest BCUT2D eigenvalue weighted by atomic mass is 9.92. The third-order valence-corrected chi connectivity index (χ3v) is 8.06. The summed E-state index contributed by atoms with van der Waals surface area (Å²) >= 11 is 0. The van der Waals surface area contributed by atoms with Crippen molar-refractivity contribution in [1.82, 2.24) is 10.3 Å². The Hall–Kier alpha value is -2.22. The molecule has 0 aliphatic carbocycles. The molecule has 3 atom stereocenters. The van der Waals surface area contributed by atoms with Crippen molar-refractivity contribution in [2.24, 2.45) is 11.0 Å². The Morgan fingerprint density at radius 3 is 2.35 bits per heavy atom. The fourth-order valence-corrected chi connectivity index (χ4v) is 5.81. The molecule has 0 saturated carbocycles. The molecule has 2 aliphatic heterocycles. The van der Waals surface area contributed by atoms with Crippen molar-refractivity contribution in [2.45, 2.75) is 71.4 Å². The second-order valence-electron chi connectivity index (χ2n) is 9.01. The maximum Gasteiger partial charge on any atom is 0.267 e. The van der Waals surface area contributed by atoms with E-state index in [1.54, 1.807) is 0 Å². The third kappa shape index (κ3) is 5.53. The van der Waals surface area contributed by atoms with Crippen molar-refractivity contribution in [2.75, 3.05) is 11.5 Å². The molecule has 8 heteroatoms. The number of rotatable bonds is 7. The Bertz CT molecular complexity index is 954. The molecular formula is C23H33N3O4S. The Morgan fingerprint density at radius 1 is 1.16 bits per heavy atom. The Morgan fingerprint density at radius 2 is 1.81 bits per heavy atom. The first kappa shape index (κ1) is 23.4. The molecule has 0 bridgehead atoms. The quantitative estimate of drug-likeness (QED) is 0.694. The number of nitrogens with one attached hydrogen (secondary N) is 1. The molecule has 0 radical (unpaired) electrons. The summed E-state index contributed by atoms with van der Waals surface area (Å²) < 4.78 is 23.6. The van der Waals surface area contributed by atoms with Gasteiger partial charge in [-0.3, -0.25) is 9.59 Å². The molecule has 1 N–H and O–H groups in total. The molecule has 2 aliphatic rings. The molecule has 31 heavy (non-hydrogen) atoms. The van der Waals surface area contributed by atoms with Gasteiger partial charge in [-0.05, 0) is 35.8 Å². The minimum atomic E-state index is -3.15. The molecule has 3 rings (SSSR count). The molecule has 1 aromatic carbocycles. The highest BCUT2D eigenvalue weighted by Crippen LogP contribution is 2.26. The van der Waals surface area contributed by atoms with Crippen molar-refractivity contribution in [1.29, 1.82) is 0 Å². The van der Waals surface area contributed by atoms with Crippen LogP contribution >= 0.6 is 0 Å². The second kappa shape index (κ2) is 9.51. The fraction of sp³-hybridized carbons (Fsp3) is 0.609. The largest absolute Gasteiger partial charge is 0.344 e. The van der Waals surface area contributed by atoms with Crippen molar-refractivity contribution in [3.8, 4) is 0 Å². The van der Waals surface area contributed by atoms with E-state index in [0.29, 0.717) is 12.3 Å². The van der Waals surface area contributed by atoms with Crippen LogP contribution in [0.15, 0.2) is 29.4 Å². The van der Waals surface area contributed by atoms with Gasteiger partial charge in [0.1, 0.15) is 5.71 Å². The molecule has 3 unspecified atom stereocenters.